The van der Waals surface area contributed by atoms with Gasteiger partial charge in [0, 0.05) is 12.6 Å². The summed E-state index contributed by atoms with van der Waals surface area (Å²) < 4.78 is 50.1. The van der Waals surface area contributed by atoms with E-state index in [2.05, 4.69) is 5.32 Å². The van der Waals surface area contributed by atoms with Gasteiger partial charge in [0.25, 0.3) is 0 Å². The number of nitrogens with zero attached hydrogens (tertiary/aromatic N) is 1. The molecule has 27 heavy (non-hydrogen) atoms. The van der Waals surface area contributed by atoms with Crippen LogP contribution in [0.4, 0.5) is 23.7 Å². The van der Waals surface area contributed by atoms with Crippen molar-refractivity contribution < 1.29 is 27.4 Å². The molecule has 142 valence electrons. The summed E-state index contributed by atoms with van der Waals surface area (Å²) in [5, 5.41) is 2.42. The number of ether oxygens (including phenoxy) is 2. The van der Waals surface area contributed by atoms with Gasteiger partial charge in [-0.15, -0.1) is 0 Å². The first-order chi connectivity index (χ1) is 12.9. The van der Waals surface area contributed by atoms with E-state index in [1.165, 1.54) is 18.2 Å². The number of fused-ring (bicyclic) bond motifs is 1. The Morgan fingerprint density at radius 1 is 1.11 bits per heavy atom. The lowest BCUT2D eigenvalue weighted by molar-refractivity contribution is -0.136. The second-order valence-corrected chi connectivity index (χ2v) is 6.52. The molecule has 1 aliphatic heterocycles. The largest absolute Gasteiger partial charge is 0.454 e. The topological polar surface area (TPSA) is 50.8 Å². The van der Waals surface area contributed by atoms with E-state index in [1.54, 1.807) is 17.0 Å². The van der Waals surface area contributed by atoms with E-state index in [0.29, 0.717) is 11.5 Å². The molecule has 0 bridgehead atoms. The smallest absolute Gasteiger partial charge is 0.418 e. The quantitative estimate of drug-likeness (QED) is 0.844. The second kappa shape index (κ2) is 6.68. The van der Waals surface area contributed by atoms with Crippen LogP contribution >= 0.6 is 0 Å². The molecule has 0 atom stereocenters. The molecule has 0 radical (unpaired) electrons. The fourth-order valence-corrected chi connectivity index (χ4v) is 3.02. The Hall–Kier alpha value is -2.90. The van der Waals surface area contributed by atoms with Gasteiger partial charge in [-0.05, 0) is 42.7 Å². The summed E-state index contributed by atoms with van der Waals surface area (Å²) in [6.07, 6.45) is -2.87. The van der Waals surface area contributed by atoms with Gasteiger partial charge < -0.3 is 19.7 Å². The molecule has 0 saturated heterocycles. The van der Waals surface area contributed by atoms with Crippen molar-refractivity contribution in [2.45, 2.75) is 31.6 Å². The molecule has 2 aliphatic rings. The molecule has 5 nitrogen and oxygen atoms in total. The van der Waals surface area contributed by atoms with Gasteiger partial charge in [0.15, 0.2) is 11.5 Å². The molecule has 0 spiro atoms. The molecule has 0 unspecified atom stereocenters. The molecule has 2 aromatic rings. The first kappa shape index (κ1) is 17.5. The molecule has 1 aliphatic carbocycles. The van der Waals surface area contributed by atoms with Gasteiger partial charge in [-0.25, -0.2) is 4.79 Å². The van der Waals surface area contributed by atoms with E-state index < -0.39 is 17.8 Å². The number of urea groups is 1. The Kier molecular flexibility index (Phi) is 4.33. The maximum atomic E-state index is 13.2. The third-order valence-corrected chi connectivity index (χ3v) is 4.51. The number of para-hydroxylation sites is 1. The van der Waals surface area contributed by atoms with Crippen LogP contribution in [-0.4, -0.2) is 23.8 Å². The first-order valence-corrected chi connectivity index (χ1v) is 8.54. The number of nitrogens with one attached hydrogen (secondary N) is 1. The van der Waals surface area contributed by atoms with Crippen molar-refractivity contribution in [1.82, 2.24) is 4.90 Å². The summed E-state index contributed by atoms with van der Waals surface area (Å²) in [5.41, 5.74) is -0.283. The van der Waals surface area contributed by atoms with E-state index in [4.69, 9.17) is 9.47 Å². The molecule has 1 fully saturated rings. The molecule has 4 rings (SSSR count). The number of hydrogen-bond donors (Lipinski definition) is 1. The van der Waals surface area contributed by atoms with Crippen molar-refractivity contribution in [3.8, 4) is 11.5 Å². The number of amides is 2. The minimum Gasteiger partial charge on any atom is -0.454 e. The highest BCUT2D eigenvalue weighted by Crippen LogP contribution is 2.37. The Labute approximate surface area is 153 Å². The minimum absolute atomic E-state index is 0.0217. The third kappa shape index (κ3) is 3.79. The first-order valence-electron chi connectivity index (χ1n) is 8.54. The van der Waals surface area contributed by atoms with Crippen molar-refractivity contribution >= 4 is 11.7 Å². The van der Waals surface area contributed by atoms with Crippen molar-refractivity contribution in [2.24, 2.45) is 0 Å². The molecule has 8 heteroatoms. The summed E-state index contributed by atoms with van der Waals surface area (Å²) >= 11 is 0. The van der Waals surface area contributed by atoms with E-state index in [0.717, 1.165) is 24.5 Å². The fourth-order valence-electron chi connectivity index (χ4n) is 3.02. The van der Waals surface area contributed by atoms with Crippen molar-refractivity contribution in [3.05, 3.63) is 53.6 Å². The van der Waals surface area contributed by atoms with Gasteiger partial charge in [-0.1, -0.05) is 18.2 Å². The van der Waals surface area contributed by atoms with Crippen LogP contribution in [0, 0.1) is 0 Å². The van der Waals surface area contributed by atoms with E-state index in [9.17, 15) is 18.0 Å². The van der Waals surface area contributed by atoms with E-state index >= 15 is 0 Å². The average molecular weight is 378 g/mol. The Bertz CT molecular complexity index is 866. The highest BCUT2D eigenvalue weighted by atomic mass is 19.4. The number of carbonyl (C=O) groups excluding carboxylic acids is 1. The molecule has 1 saturated carbocycles. The summed E-state index contributed by atoms with van der Waals surface area (Å²) in [5.74, 6) is 1.24. The second-order valence-electron chi connectivity index (χ2n) is 6.52. The van der Waals surface area contributed by atoms with Crippen molar-refractivity contribution in [2.75, 3.05) is 12.1 Å². The summed E-state index contributed by atoms with van der Waals surface area (Å²) in [6, 6.07) is 9.81. The zero-order valence-corrected chi connectivity index (χ0v) is 14.3. The lowest BCUT2D eigenvalue weighted by Crippen LogP contribution is -2.36. The number of rotatable bonds is 4. The molecule has 2 amide bonds. The van der Waals surface area contributed by atoms with Gasteiger partial charge in [0.2, 0.25) is 6.79 Å². The Balaban J connectivity index is 1.52. The SMILES string of the molecule is O=C(Nc1ccccc1C(F)(F)F)N(Cc1ccc2c(c1)OCO2)C1CC1. The lowest BCUT2D eigenvalue weighted by atomic mass is 10.1. The van der Waals surface area contributed by atoms with Crippen LogP contribution in [0.2, 0.25) is 0 Å². The Morgan fingerprint density at radius 2 is 1.85 bits per heavy atom. The molecular weight excluding hydrogens is 361 g/mol. The Morgan fingerprint density at radius 3 is 2.59 bits per heavy atom. The standard InChI is InChI=1S/C19H17F3N2O3/c20-19(21,22)14-3-1-2-4-15(14)23-18(25)24(13-6-7-13)10-12-5-8-16-17(9-12)27-11-26-16/h1-5,8-9,13H,6-7,10-11H2,(H,23,25). The van der Waals surface area contributed by atoms with Crippen LogP contribution in [0.15, 0.2) is 42.5 Å². The van der Waals surface area contributed by atoms with Crippen LogP contribution in [0.25, 0.3) is 0 Å². The average Bonchev–Trinajstić information content (AvgIpc) is 3.36. The maximum absolute atomic E-state index is 13.2. The molecule has 1 N–H and O–H groups in total. The zero-order valence-electron chi connectivity index (χ0n) is 14.3. The fraction of sp³-hybridized carbons (Fsp3) is 0.316. The van der Waals surface area contributed by atoms with Gasteiger partial charge in [-0.3, -0.25) is 0 Å². The van der Waals surface area contributed by atoms with Crippen LogP contribution in [0.1, 0.15) is 24.0 Å². The highest BCUT2D eigenvalue weighted by Gasteiger charge is 2.36. The van der Waals surface area contributed by atoms with Gasteiger partial charge in [0.1, 0.15) is 0 Å². The van der Waals surface area contributed by atoms with Crippen molar-refractivity contribution in [1.29, 1.82) is 0 Å². The number of halogens is 3. The highest BCUT2D eigenvalue weighted by molar-refractivity contribution is 5.90. The number of carbonyl (C=O) groups is 1. The predicted octanol–water partition coefficient (Wildman–Crippen LogP) is 4.63. The van der Waals surface area contributed by atoms with Gasteiger partial charge >= 0.3 is 12.2 Å². The van der Waals surface area contributed by atoms with E-state index in [-0.39, 0.29) is 25.1 Å². The van der Waals surface area contributed by atoms with Crippen LogP contribution in [0.5, 0.6) is 11.5 Å². The van der Waals surface area contributed by atoms with Crippen LogP contribution < -0.4 is 14.8 Å². The van der Waals surface area contributed by atoms with Gasteiger partial charge in [-0.2, -0.15) is 13.2 Å². The van der Waals surface area contributed by atoms with Crippen LogP contribution in [0.3, 0.4) is 0 Å². The summed E-state index contributed by atoms with van der Waals surface area (Å²) in [4.78, 5) is 14.3. The van der Waals surface area contributed by atoms with Crippen molar-refractivity contribution in [3.63, 3.8) is 0 Å². The lowest BCUT2D eigenvalue weighted by Gasteiger charge is -2.24. The number of hydrogen-bond acceptors (Lipinski definition) is 3. The number of alkyl halides is 3. The zero-order chi connectivity index (χ0) is 19.0. The number of benzene rings is 2. The molecule has 2 aromatic carbocycles. The molecule has 0 aromatic heterocycles. The summed E-state index contributed by atoms with van der Waals surface area (Å²) in [7, 11) is 0. The van der Waals surface area contributed by atoms with Crippen LogP contribution in [-0.2, 0) is 12.7 Å². The number of anilines is 1. The van der Waals surface area contributed by atoms with Gasteiger partial charge in [0.05, 0.1) is 11.3 Å². The normalized spacial score (nSPS) is 15.5. The molecular formula is C19H17F3N2O3. The maximum Gasteiger partial charge on any atom is 0.418 e. The molecule has 1 heterocycles. The minimum atomic E-state index is -4.54. The monoisotopic (exact) mass is 378 g/mol. The predicted molar refractivity (Wildman–Crippen MR) is 91.6 cm³/mol. The van der Waals surface area contributed by atoms with E-state index in [1.807, 2.05) is 6.07 Å². The third-order valence-electron chi connectivity index (χ3n) is 4.51. The summed E-state index contributed by atoms with van der Waals surface area (Å²) in [6.45, 7) is 0.432.